The molecular weight excluding hydrogens is 455 g/mol. The van der Waals surface area contributed by atoms with Crippen molar-refractivity contribution in [1.82, 2.24) is 24.6 Å². The van der Waals surface area contributed by atoms with E-state index < -0.39 is 17.0 Å². The van der Waals surface area contributed by atoms with Crippen molar-refractivity contribution in [3.8, 4) is 6.07 Å². The number of nitriles is 1. The molecule has 1 aromatic carbocycles. The van der Waals surface area contributed by atoms with E-state index in [2.05, 4.69) is 33.2 Å². The number of piperidine rings is 2. The molecule has 4 heterocycles. The van der Waals surface area contributed by atoms with Crippen LogP contribution in [0, 0.1) is 16.7 Å². The minimum atomic E-state index is -4.37. The first-order chi connectivity index (χ1) is 16.7. The molecule has 6 rings (SSSR count). The third kappa shape index (κ3) is 3.03. The Morgan fingerprint density at radius 2 is 1.86 bits per heavy atom. The summed E-state index contributed by atoms with van der Waals surface area (Å²) in [6, 6.07) is 9.07. The number of anilines is 1. The molecule has 0 spiro atoms. The Bertz CT molecular complexity index is 1350. The van der Waals surface area contributed by atoms with Crippen LogP contribution in [-0.2, 0) is 12.5 Å². The summed E-state index contributed by atoms with van der Waals surface area (Å²) in [4.78, 5) is 8.38. The highest BCUT2D eigenvalue weighted by Gasteiger charge is 2.85. The average molecular weight is 482 g/mol. The van der Waals surface area contributed by atoms with Crippen LogP contribution in [0.1, 0.15) is 42.4 Å². The molecule has 2 aliphatic heterocycles. The van der Waals surface area contributed by atoms with Gasteiger partial charge >= 0.3 is 6.18 Å². The number of nitrogens with zero attached hydrogens (tertiary/aromatic N) is 7. The van der Waals surface area contributed by atoms with E-state index in [1.807, 2.05) is 17.7 Å². The van der Waals surface area contributed by atoms with Gasteiger partial charge < -0.3 is 14.4 Å². The Morgan fingerprint density at radius 1 is 1.09 bits per heavy atom. The first-order valence-electron chi connectivity index (χ1n) is 11.9. The number of benzene rings is 1. The molecule has 1 saturated carbocycles. The topological polar surface area (TPSA) is 73.9 Å². The van der Waals surface area contributed by atoms with E-state index in [1.165, 1.54) is 0 Å². The zero-order valence-electron chi connectivity index (χ0n) is 19.7. The minimum Gasteiger partial charge on any atom is -0.369 e. The van der Waals surface area contributed by atoms with Crippen molar-refractivity contribution in [3.63, 3.8) is 0 Å². The summed E-state index contributed by atoms with van der Waals surface area (Å²) in [5.74, 6) is 1.43. The smallest absolute Gasteiger partial charge is 0.369 e. The Labute approximate surface area is 201 Å². The van der Waals surface area contributed by atoms with Crippen LogP contribution in [0.3, 0.4) is 0 Å². The number of likely N-dealkylation sites (tertiary alicyclic amines) is 1. The number of fused-ring (bicyclic) bond motifs is 2. The van der Waals surface area contributed by atoms with E-state index >= 15 is 0 Å². The molecule has 0 radical (unpaired) electrons. The number of alkyl halides is 3. The van der Waals surface area contributed by atoms with Crippen molar-refractivity contribution in [2.75, 3.05) is 38.1 Å². The lowest BCUT2D eigenvalue weighted by Gasteiger charge is -2.28. The third-order valence-corrected chi connectivity index (χ3v) is 8.49. The van der Waals surface area contributed by atoms with Crippen molar-refractivity contribution in [2.45, 2.75) is 36.8 Å². The van der Waals surface area contributed by atoms with Crippen molar-refractivity contribution in [1.29, 1.82) is 5.26 Å². The van der Waals surface area contributed by atoms with Gasteiger partial charge in [-0.25, -0.2) is 0 Å². The Balaban J connectivity index is 1.41. The van der Waals surface area contributed by atoms with Crippen LogP contribution in [0.5, 0.6) is 0 Å². The molecule has 182 valence electrons. The van der Waals surface area contributed by atoms with Gasteiger partial charge in [-0.15, -0.1) is 10.2 Å². The molecule has 35 heavy (non-hydrogen) atoms. The van der Waals surface area contributed by atoms with Crippen molar-refractivity contribution in [3.05, 3.63) is 47.7 Å². The zero-order chi connectivity index (χ0) is 24.6. The van der Waals surface area contributed by atoms with Gasteiger partial charge in [-0.05, 0) is 63.7 Å². The van der Waals surface area contributed by atoms with Gasteiger partial charge in [-0.2, -0.15) is 18.4 Å². The van der Waals surface area contributed by atoms with Crippen molar-refractivity contribution >= 4 is 16.6 Å². The first kappa shape index (κ1) is 22.3. The lowest BCUT2D eigenvalue weighted by Crippen LogP contribution is -2.34. The standard InChI is InChI=1S/C25H26F3N7/c1-33-10-7-16(8-11-33)21-31-32-22(34(21)2)23-13-24(23,25(26,27)28)15-35(14-23)19-6-5-17(12-29)20-18(19)4-3-9-30-20/h3-6,9,16H,7-8,10-11,13-15H2,1-2H3/t23-,24-/m0/s1. The van der Waals surface area contributed by atoms with Gasteiger partial charge in [-0.1, -0.05) is 0 Å². The Morgan fingerprint density at radius 3 is 2.57 bits per heavy atom. The van der Waals surface area contributed by atoms with E-state index in [9.17, 15) is 18.4 Å². The molecule has 2 saturated heterocycles. The molecule has 10 heteroatoms. The van der Waals surface area contributed by atoms with Crippen LogP contribution in [0.2, 0.25) is 0 Å². The normalized spacial score (nSPS) is 27.3. The second-order valence-corrected chi connectivity index (χ2v) is 10.4. The van der Waals surface area contributed by atoms with E-state index in [1.54, 1.807) is 29.3 Å². The van der Waals surface area contributed by atoms with Crippen LogP contribution in [-0.4, -0.2) is 64.1 Å². The molecule has 7 nitrogen and oxygen atoms in total. The maximum atomic E-state index is 14.6. The third-order valence-electron chi connectivity index (χ3n) is 8.49. The van der Waals surface area contributed by atoms with Gasteiger partial charge in [0.2, 0.25) is 0 Å². The molecule has 0 bridgehead atoms. The van der Waals surface area contributed by atoms with E-state index in [0.717, 1.165) is 31.8 Å². The van der Waals surface area contributed by atoms with Crippen molar-refractivity contribution < 1.29 is 13.2 Å². The monoisotopic (exact) mass is 481 g/mol. The summed E-state index contributed by atoms with van der Waals surface area (Å²) in [5.41, 5.74) is -1.43. The molecule has 0 N–H and O–H groups in total. The van der Waals surface area contributed by atoms with Crippen molar-refractivity contribution in [2.24, 2.45) is 12.5 Å². The second-order valence-electron chi connectivity index (χ2n) is 10.4. The van der Waals surface area contributed by atoms with Gasteiger partial charge in [0, 0.05) is 43.3 Å². The highest BCUT2D eigenvalue weighted by atomic mass is 19.4. The second kappa shape index (κ2) is 7.40. The molecule has 2 aromatic heterocycles. The molecule has 0 amide bonds. The molecule has 3 fully saturated rings. The predicted octanol–water partition coefficient (Wildman–Crippen LogP) is 3.75. The van der Waals surface area contributed by atoms with E-state index in [-0.39, 0.29) is 25.4 Å². The Kier molecular flexibility index (Phi) is 4.71. The SMILES string of the molecule is CN1CCC(c2nnc([C@]34CN(c5ccc(C#N)c6ncccc56)C[C@@]3(C(F)(F)F)C4)n2C)CC1. The lowest BCUT2D eigenvalue weighted by atomic mass is 9.93. The molecule has 3 aromatic rings. The van der Waals surface area contributed by atoms with E-state index in [0.29, 0.717) is 28.0 Å². The van der Waals surface area contributed by atoms with Gasteiger partial charge in [-0.3, -0.25) is 4.98 Å². The average Bonchev–Trinajstić information content (AvgIpc) is 3.14. The molecular formula is C25H26F3N7. The van der Waals surface area contributed by atoms with Gasteiger partial charge in [0.15, 0.2) is 0 Å². The summed E-state index contributed by atoms with van der Waals surface area (Å²) in [5, 5.41) is 19.0. The van der Waals surface area contributed by atoms with Crippen LogP contribution in [0.15, 0.2) is 30.5 Å². The van der Waals surface area contributed by atoms with Gasteiger partial charge in [0.1, 0.15) is 17.7 Å². The minimum absolute atomic E-state index is 0.0197. The fourth-order valence-corrected chi connectivity index (χ4v) is 6.49. The fraction of sp³-hybridized carbons (Fsp3) is 0.520. The molecule has 3 aliphatic rings. The fourth-order valence-electron chi connectivity index (χ4n) is 6.49. The number of hydrogen-bond acceptors (Lipinski definition) is 6. The predicted molar refractivity (Wildman–Crippen MR) is 124 cm³/mol. The van der Waals surface area contributed by atoms with Crippen LogP contribution < -0.4 is 4.90 Å². The number of hydrogen-bond donors (Lipinski definition) is 0. The van der Waals surface area contributed by atoms with E-state index in [4.69, 9.17) is 0 Å². The highest BCUT2D eigenvalue weighted by Crippen LogP contribution is 2.75. The van der Waals surface area contributed by atoms with Gasteiger partial charge in [0.05, 0.1) is 21.9 Å². The highest BCUT2D eigenvalue weighted by molar-refractivity contribution is 5.95. The lowest BCUT2D eigenvalue weighted by molar-refractivity contribution is -0.186. The summed E-state index contributed by atoms with van der Waals surface area (Å²) in [6.45, 7) is 1.93. The van der Waals surface area contributed by atoms with Crippen LogP contribution >= 0.6 is 0 Å². The summed E-state index contributed by atoms with van der Waals surface area (Å²) in [7, 11) is 3.90. The molecule has 0 unspecified atom stereocenters. The number of aromatic nitrogens is 4. The largest absolute Gasteiger partial charge is 0.397 e. The quantitative estimate of drug-likeness (QED) is 0.567. The maximum absolute atomic E-state index is 14.6. The van der Waals surface area contributed by atoms with Crippen LogP contribution in [0.25, 0.3) is 10.9 Å². The number of pyridine rings is 1. The van der Waals surface area contributed by atoms with Crippen LogP contribution in [0.4, 0.5) is 18.9 Å². The van der Waals surface area contributed by atoms with Gasteiger partial charge in [0.25, 0.3) is 0 Å². The summed E-state index contributed by atoms with van der Waals surface area (Å²) < 4.78 is 45.7. The first-order valence-corrected chi connectivity index (χ1v) is 11.9. The number of halogens is 3. The summed E-state index contributed by atoms with van der Waals surface area (Å²) in [6.07, 6.45) is -0.905. The Hall–Kier alpha value is -3.19. The zero-order valence-corrected chi connectivity index (χ0v) is 19.7. The molecule has 2 atom stereocenters. The number of rotatable bonds is 3. The molecule has 1 aliphatic carbocycles. The summed E-state index contributed by atoms with van der Waals surface area (Å²) >= 11 is 0. The maximum Gasteiger partial charge on any atom is 0.397 e.